The Labute approximate surface area is 117 Å². The van der Waals surface area contributed by atoms with Crippen LogP contribution < -0.4 is 10.6 Å². The van der Waals surface area contributed by atoms with Gasteiger partial charge in [-0.25, -0.2) is 0 Å². The van der Waals surface area contributed by atoms with Crippen molar-refractivity contribution in [3.8, 4) is 0 Å². The first-order valence-electron chi connectivity index (χ1n) is 6.64. The molecule has 2 aromatic carbocycles. The van der Waals surface area contributed by atoms with E-state index >= 15 is 0 Å². The third-order valence-corrected chi connectivity index (χ3v) is 3.45. The van der Waals surface area contributed by atoms with Gasteiger partial charge in [0.05, 0.1) is 6.61 Å². The number of aliphatic hydroxyl groups is 1. The first-order valence-corrected chi connectivity index (χ1v) is 6.64. The molecule has 2 aromatic rings. The van der Waals surface area contributed by atoms with Crippen LogP contribution >= 0.6 is 0 Å². The molecular formula is C16H16N2O2. The van der Waals surface area contributed by atoms with Crippen molar-refractivity contribution in [2.24, 2.45) is 0 Å². The van der Waals surface area contributed by atoms with E-state index < -0.39 is 0 Å². The summed E-state index contributed by atoms with van der Waals surface area (Å²) >= 11 is 0. The van der Waals surface area contributed by atoms with Crippen LogP contribution in [0.25, 0.3) is 0 Å². The lowest BCUT2D eigenvalue weighted by Crippen LogP contribution is -2.12. The minimum atomic E-state index is -0.142. The van der Waals surface area contributed by atoms with Crippen molar-refractivity contribution in [1.29, 1.82) is 0 Å². The number of rotatable bonds is 3. The number of carbonyl (C=O) groups is 1. The highest BCUT2D eigenvalue weighted by atomic mass is 16.3. The molecule has 4 heteroatoms. The van der Waals surface area contributed by atoms with Crippen LogP contribution in [0.3, 0.4) is 0 Å². The van der Waals surface area contributed by atoms with Crippen LogP contribution in [0.5, 0.6) is 0 Å². The van der Waals surface area contributed by atoms with Gasteiger partial charge in [0, 0.05) is 23.5 Å². The summed E-state index contributed by atoms with van der Waals surface area (Å²) in [5, 5.41) is 15.2. The van der Waals surface area contributed by atoms with E-state index in [1.807, 2.05) is 36.4 Å². The fourth-order valence-electron chi connectivity index (χ4n) is 2.38. The highest BCUT2D eigenvalue weighted by Crippen LogP contribution is 2.23. The van der Waals surface area contributed by atoms with Crippen molar-refractivity contribution in [2.45, 2.75) is 13.0 Å². The van der Waals surface area contributed by atoms with Crippen molar-refractivity contribution in [3.63, 3.8) is 0 Å². The molecule has 3 N–H and O–H groups in total. The van der Waals surface area contributed by atoms with E-state index in [0.717, 1.165) is 24.2 Å². The summed E-state index contributed by atoms with van der Waals surface area (Å²) in [6.45, 7) is 0.894. The van der Waals surface area contributed by atoms with Crippen molar-refractivity contribution in [3.05, 3.63) is 59.2 Å². The molecule has 0 bridgehead atoms. The lowest BCUT2D eigenvalue weighted by Gasteiger charge is -2.08. The molecule has 3 rings (SSSR count). The molecular weight excluding hydrogens is 252 g/mol. The number of carbonyl (C=O) groups excluding carboxylic acids is 1. The van der Waals surface area contributed by atoms with Crippen LogP contribution in [0.2, 0.25) is 0 Å². The molecule has 1 aliphatic rings. The molecule has 102 valence electrons. The van der Waals surface area contributed by atoms with Crippen LogP contribution in [-0.4, -0.2) is 17.6 Å². The second kappa shape index (κ2) is 5.35. The van der Waals surface area contributed by atoms with E-state index in [0.29, 0.717) is 11.3 Å². The number of amides is 1. The van der Waals surface area contributed by atoms with Crippen molar-refractivity contribution in [1.82, 2.24) is 0 Å². The predicted molar refractivity (Wildman–Crippen MR) is 79.0 cm³/mol. The third-order valence-electron chi connectivity index (χ3n) is 3.45. The maximum absolute atomic E-state index is 12.2. The van der Waals surface area contributed by atoms with E-state index in [-0.39, 0.29) is 12.5 Å². The highest BCUT2D eigenvalue weighted by Gasteiger charge is 2.13. The molecule has 0 aromatic heterocycles. The Balaban J connectivity index is 1.79. The summed E-state index contributed by atoms with van der Waals surface area (Å²) in [5.74, 6) is -0.142. The van der Waals surface area contributed by atoms with Gasteiger partial charge in [-0.2, -0.15) is 0 Å². The molecule has 0 fully saturated rings. The Hall–Kier alpha value is -2.33. The smallest absolute Gasteiger partial charge is 0.255 e. The first-order chi connectivity index (χ1) is 9.76. The molecule has 0 aliphatic carbocycles. The lowest BCUT2D eigenvalue weighted by atomic mass is 10.1. The minimum absolute atomic E-state index is 0.0352. The molecule has 20 heavy (non-hydrogen) atoms. The van der Waals surface area contributed by atoms with Gasteiger partial charge in [-0.3, -0.25) is 4.79 Å². The number of benzene rings is 2. The van der Waals surface area contributed by atoms with Gasteiger partial charge in [0.2, 0.25) is 0 Å². The Morgan fingerprint density at radius 1 is 1.25 bits per heavy atom. The van der Waals surface area contributed by atoms with Gasteiger partial charge in [-0.1, -0.05) is 18.2 Å². The zero-order valence-corrected chi connectivity index (χ0v) is 11.0. The molecule has 1 amide bonds. The SMILES string of the molecule is O=C(Nc1cccc(CO)c1)c1ccc2c(c1)NCC2. The fourth-order valence-corrected chi connectivity index (χ4v) is 2.38. The van der Waals surface area contributed by atoms with E-state index in [4.69, 9.17) is 5.11 Å². The van der Waals surface area contributed by atoms with Crippen molar-refractivity contribution < 1.29 is 9.90 Å². The van der Waals surface area contributed by atoms with Crippen LogP contribution in [0.15, 0.2) is 42.5 Å². The molecule has 0 saturated heterocycles. The van der Waals surface area contributed by atoms with Gasteiger partial charge in [0.1, 0.15) is 0 Å². The normalized spacial score (nSPS) is 12.7. The van der Waals surface area contributed by atoms with Gasteiger partial charge >= 0.3 is 0 Å². The summed E-state index contributed by atoms with van der Waals surface area (Å²) in [5.41, 5.74) is 4.39. The van der Waals surface area contributed by atoms with Crippen LogP contribution in [0, 0.1) is 0 Å². The number of hydrogen-bond acceptors (Lipinski definition) is 3. The Morgan fingerprint density at radius 2 is 2.15 bits per heavy atom. The van der Waals surface area contributed by atoms with E-state index in [9.17, 15) is 4.79 Å². The molecule has 0 spiro atoms. The van der Waals surface area contributed by atoms with Gasteiger partial charge in [-0.15, -0.1) is 0 Å². The van der Waals surface area contributed by atoms with Gasteiger partial charge < -0.3 is 15.7 Å². The average Bonchev–Trinajstić information content (AvgIpc) is 2.94. The molecule has 1 heterocycles. The Morgan fingerprint density at radius 3 is 3.00 bits per heavy atom. The van der Waals surface area contributed by atoms with E-state index in [2.05, 4.69) is 10.6 Å². The second-order valence-corrected chi connectivity index (χ2v) is 4.86. The zero-order chi connectivity index (χ0) is 13.9. The summed E-state index contributed by atoms with van der Waals surface area (Å²) in [4.78, 5) is 12.2. The van der Waals surface area contributed by atoms with Crippen LogP contribution in [-0.2, 0) is 13.0 Å². The highest BCUT2D eigenvalue weighted by molar-refractivity contribution is 6.05. The molecule has 0 atom stereocenters. The monoisotopic (exact) mass is 268 g/mol. The molecule has 4 nitrogen and oxygen atoms in total. The Bertz CT molecular complexity index is 653. The Kier molecular flexibility index (Phi) is 3.39. The van der Waals surface area contributed by atoms with Crippen molar-refractivity contribution in [2.75, 3.05) is 17.2 Å². The lowest BCUT2D eigenvalue weighted by molar-refractivity contribution is 0.102. The van der Waals surface area contributed by atoms with E-state index in [1.165, 1.54) is 5.56 Å². The number of anilines is 2. The second-order valence-electron chi connectivity index (χ2n) is 4.86. The van der Waals surface area contributed by atoms with E-state index in [1.54, 1.807) is 6.07 Å². The van der Waals surface area contributed by atoms with Gasteiger partial charge in [0.25, 0.3) is 5.91 Å². The first kappa shape index (κ1) is 12.7. The number of hydrogen-bond donors (Lipinski definition) is 3. The molecule has 1 aliphatic heterocycles. The largest absolute Gasteiger partial charge is 0.392 e. The standard InChI is InChI=1S/C16H16N2O2/c19-10-11-2-1-3-14(8-11)18-16(20)13-5-4-12-6-7-17-15(12)9-13/h1-5,8-9,17,19H,6-7,10H2,(H,18,20). The fraction of sp³-hybridized carbons (Fsp3) is 0.188. The summed E-state index contributed by atoms with van der Waals surface area (Å²) in [6.07, 6.45) is 1.01. The summed E-state index contributed by atoms with van der Waals surface area (Å²) in [6, 6.07) is 12.9. The maximum Gasteiger partial charge on any atom is 0.255 e. The molecule has 0 unspecified atom stereocenters. The average molecular weight is 268 g/mol. The van der Waals surface area contributed by atoms with Crippen molar-refractivity contribution >= 4 is 17.3 Å². The van der Waals surface area contributed by atoms with Gasteiger partial charge in [0.15, 0.2) is 0 Å². The van der Waals surface area contributed by atoms with Crippen LogP contribution in [0.1, 0.15) is 21.5 Å². The summed E-state index contributed by atoms with van der Waals surface area (Å²) < 4.78 is 0. The minimum Gasteiger partial charge on any atom is -0.392 e. The topological polar surface area (TPSA) is 61.4 Å². The number of fused-ring (bicyclic) bond motifs is 1. The zero-order valence-electron chi connectivity index (χ0n) is 11.0. The number of aliphatic hydroxyl groups excluding tert-OH is 1. The predicted octanol–water partition coefficient (Wildman–Crippen LogP) is 2.40. The number of nitrogens with one attached hydrogen (secondary N) is 2. The molecule has 0 radical (unpaired) electrons. The van der Waals surface area contributed by atoms with Crippen LogP contribution in [0.4, 0.5) is 11.4 Å². The third kappa shape index (κ3) is 2.51. The summed E-state index contributed by atoms with van der Waals surface area (Å²) in [7, 11) is 0. The quantitative estimate of drug-likeness (QED) is 0.801. The van der Waals surface area contributed by atoms with Gasteiger partial charge in [-0.05, 0) is 41.8 Å². The maximum atomic E-state index is 12.2. The molecule has 0 saturated carbocycles.